The van der Waals surface area contributed by atoms with E-state index in [4.69, 9.17) is 4.84 Å². The summed E-state index contributed by atoms with van der Waals surface area (Å²) in [5, 5.41) is 0. The molecule has 0 saturated carbocycles. The Hall–Kier alpha value is -1.00. The predicted molar refractivity (Wildman–Crippen MR) is 51.9 cm³/mol. The van der Waals surface area contributed by atoms with E-state index in [0.717, 1.165) is 5.56 Å². The molecule has 0 bridgehead atoms. The van der Waals surface area contributed by atoms with Crippen molar-refractivity contribution < 1.29 is 9.23 Å². The van der Waals surface area contributed by atoms with Gasteiger partial charge in [-0.15, -0.1) is 0 Å². The molecular formula is C10H15FN2O. The van der Waals surface area contributed by atoms with E-state index in [0.29, 0.717) is 6.54 Å². The summed E-state index contributed by atoms with van der Waals surface area (Å²) in [6.45, 7) is 6.25. The molecule has 1 rings (SSSR count). The second-order valence-corrected chi connectivity index (χ2v) is 4.05. The van der Waals surface area contributed by atoms with Crippen LogP contribution in [0, 0.1) is 5.82 Å². The Balaban J connectivity index is 2.39. The summed E-state index contributed by atoms with van der Waals surface area (Å²) < 4.78 is 12.7. The van der Waals surface area contributed by atoms with Gasteiger partial charge in [-0.25, -0.2) is 4.39 Å². The number of nitrogens with zero attached hydrogens (tertiary/aromatic N) is 1. The van der Waals surface area contributed by atoms with Crippen molar-refractivity contribution in [2.24, 2.45) is 0 Å². The van der Waals surface area contributed by atoms with Crippen LogP contribution in [0.4, 0.5) is 4.39 Å². The molecular weight excluding hydrogens is 183 g/mol. The summed E-state index contributed by atoms with van der Waals surface area (Å²) in [7, 11) is 0. The van der Waals surface area contributed by atoms with Crippen LogP contribution in [0.5, 0.6) is 0 Å². The van der Waals surface area contributed by atoms with Gasteiger partial charge in [0.15, 0.2) is 0 Å². The number of hydroxylamine groups is 1. The molecule has 0 fully saturated rings. The van der Waals surface area contributed by atoms with Crippen molar-refractivity contribution in [2.45, 2.75) is 32.9 Å². The molecule has 1 N–H and O–H groups in total. The van der Waals surface area contributed by atoms with Crippen molar-refractivity contribution in [2.75, 3.05) is 0 Å². The second-order valence-electron chi connectivity index (χ2n) is 4.05. The Morgan fingerprint density at radius 1 is 1.43 bits per heavy atom. The highest BCUT2D eigenvalue weighted by molar-refractivity contribution is 5.09. The highest BCUT2D eigenvalue weighted by Gasteiger charge is 2.09. The van der Waals surface area contributed by atoms with Crippen LogP contribution < -0.4 is 5.48 Å². The number of rotatable bonds is 3. The van der Waals surface area contributed by atoms with E-state index in [1.54, 1.807) is 6.20 Å². The van der Waals surface area contributed by atoms with Gasteiger partial charge in [0, 0.05) is 12.7 Å². The zero-order valence-electron chi connectivity index (χ0n) is 8.67. The van der Waals surface area contributed by atoms with Gasteiger partial charge < -0.3 is 0 Å². The largest absolute Gasteiger partial charge is 0.296 e. The van der Waals surface area contributed by atoms with E-state index in [1.165, 1.54) is 12.3 Å². The maximum absolute atomic E-state index is 12.7. The molecule has 0 aromatic carbocycles. The molecule has 1 aromatic heterocycles. The summed E-state index contributed by atoms with van der Waals surface area (Å²) in [6.07, 6.45) is 2.77. The minimum atomic E-state index is -0.333. The number of pyridine rings is 1. The topological polar surface area (TPSA) is 34.1 Å². The molecule has 1 aromatic rings. The number of hydrogen-bond donors (Lipinski definition) is 1. The van der Waals surface area contributed by atoms with Crippen LogP contribution in [0.1, 0.15) is 26.3 Å². The van der Waals surface area contributed by atoms with Gasteiger partial charge in [0.25, 0.3) is 0 Å². The van der Waals surface area contributed by atoms with Crippen molar-refractivity contribution >= 4 is 0 Å². The smallest absolute Gasteiger partial charge is 0.141 e. The first-order valence-electron chi connectivity index (χ1n) is 4.48. The van der Waals surface area contributed by atoms with Crippen LogP contribution in [0.15, 0.2) is 18.5 Å². The monoisotopic (exact) mass is 198 g/mol. The van der Waals surface area contributed by atoms with Gasteiger partial charge in [0.2, 0.25) is 0 Å². The van der Waals surface area contributed by atoms with E-state index in [-0.39, 0.29) is 11.4 Å². The Morgan fingerprint density at radius 3 is 2.71 bits per heavy atom. The van der Waals surface area contributed by atoms with Crippen molar-refractivity contribution in [3.05, 3.63) is 29.8 Å². The Morgan fingerprint density at radius 2 is 2.14 bits per heavy atom. The third-order valence-corrected chi connectivity index (χ3v) is 1.42. The SMILES string of the molecule is CC(C)(C)ONCc1cncc(F)c1. The van der Waals surface area contributed by atoms with Crippen LogP contribution in [0.25, 0.3) is 0 Å². The van der Waals surface area contributed by atoms with Gasteiger partial charge in [-0.1, -0.05) is 0 Å². The average Bonchev–Trinajstić information content (AvgIpc) is 2.01. The molecule has 0 aliphatic carbocycles. The highest BCUT2D eigenvalue weighted by Crippen LogP contribution is 2.05. The van der Waals surface area contributed by atoms with Gasteiger partial charge in [0.1, 0.15) is 5.82 Å². The summed E-state index contributed by atoms with van der Waals surface area (Å²) in [4.78, 5) is 9.00. The first-order valence-corrected chi connectivity index (χ1v) is 4.48. The Kier molecular flexibility index (Phi) is 3.55. The van der Waals surface area contributed by atoms with Crippen molar-refractivity contribution in [3.63, 3.8) is 0 Å². The molecule has 14 heavy (non-hydrogen) atoms. The van der Waals surface area contributed by atoms with Crippen LogP contribution in [-0.4, -0.2) is 10.6 Å². The van der Waals surface area contributed by atoms with E-state index >= 15 is 0 Å². The third kappa shape index (κ3) is 4.30. The van der Waals surface area contributed by atoms with Crippen LogP contribution in [0.2, 0.25) is 0 Å². The standard InChI is InChI=1S/C10H15FN2O/c1-10(2,3)14-13-6-8-4-9(11)7-12-5-8/h4-5,7,13H,6H2,1-3H3. The normalized spacial score (nSPS) is 11.7. The molecule has 0 spiro atoms. The van der Waals surface area contributed by atoms with Gasteiger partial charge in [-0.2, -0.15) is 5.48 Å². The van der Waals surface area contributed by atoms with Crippen LogP contribution in [0.3, 0.4) is 0 Å². The van der Waals surface area contributed by atoms with Gasteiger partial charge in [-0.3, -0.25) is 9.82 Å². The summed E-state index contributed by atoms with van der Waals surface area (Å²) in [6, 6.07) is 1.42. The van der Waals surface area contributed by atoms with Crippen molar-refractivity contribution in [1.29, 1.82) is 0 Å². The molecule has 0 radical (unpaired) electrons. The fourth-order valence-corrected chi connectivity index (χ4v) is 0.888. The number of halogens is 1. The first-order chi connectivity index (χ1) is 6.47. The second kappa shape index (κ2) is 4.48. The maximum atomic E-state index is 12.7. The lowest BCUT2D eigenvalue weighted by Gasteiger charge is -2.19. The Labute approximate surface area is 83.3 Å². The molecule has 1 heterocycles. The predicted octanol–water partition coefficient (Wildman–Crippen LogP) is 2.04. The molecule has 0 saturated heterocycles. The lowest BCUT2D eigenvalue weighted by Crippen LogP contribution is -2.28. The van der Waals surface area contributed by atoms with Crippen LogP contribution in [-0.2, 0) is 11.4 Å². The quantitative estimate of drug-likeness (QED) is 0.755. The maximum Gasteiger partial charge on any atom is 0.141 e. The Bertz CT molecular complexity index is 296. The molecule has 3 nitrogen and oxygen atoms in total. The lowest BCUT2D eigenvalue weighted by atomic mass is 10.2. The van der Waals surface area contributed by atoms with E-state index in [9.17, 15) is 4.39 Å². The lowest BCUT2D eigenvalue weighted by molar-refractivity contribution is -0.0758. The summed E-state index contributed by atoms with van der Waals surface area (Å²) in [5.74, 6) is -0.333. The number of aromatic nitrogens is 1. The molecule has 0 atom stereocenters. The number of nitrogens with one attached hydrogen (secondary N) is 1. The fourth-order valence-electron chi connectivity index (χ4n) is 0.888. The van der Waals surface area contributed by atoms with Crippen molar-refractivity contribution in [1.82, 2.24) is 10.5 Å². The minimum Gasteiger partial charge on any atom is -0.296 e. The third-order valence-electron chi connectivity index (χ3n) is 1.42. The molecule has 0 aliphatic heterocycles. The zero-order valence-corrected chi connectivity index (χ0v) is 8.67. The molecule has 0 unspecified atom stereocenters. The van der Waals surface area contributed by atoms with Gasteiger partial charge >= 0.3 is 0 Å². The average molecular weight is 198 g/mol. The summed E-state index contributed by atoms with van der Waals surface area (Å²) in [5.41, 5.74) is 3.27. The summed E-state index contributed by atoms with van der Waals surface area (Å²) >= 11 is 0. The first kappa shape index (κ1) is 11.1. The van der Waals surface area contributed by atoms with Gasteiger partial charge in [-0.05, 0) is 32.4 Å². The minimum absolute atomic E-state index is 0.249. The molecule has 0 aliphatic rings. The molecule has 4 heteroatoms. The van der Waals surface area contributed by atoms with Gasteiger partial charge in [0.05, 0.1) is 11.8 Å². The zero-order chi connectivity index (χ0) is 10.6. The highest BCUT2D eigenvalue weighted by atomic mass is 19.1. The molecule has 0 amide bonds. The van der Waals surface area contributed by atoms with E-state index in [1.807, 2.05) is 20.8 Å². The van der Waals surface area contributed by atoms with E-state index in [2.05, 4.69) is 10.5 Å². The van der Waals surface area contributed by atoms with E-state index < -0.39 is 0 Å². The van der Waals surface area contributed by atoms with Crippen molar-refractivity contribution in [3.8, 4) is 0 Å². The fraction of sp³-hybridized carbons (Fsp3) is 0.500. The van der Waals surface area contributed by atoms with Crippen LogP contribution >= 0.6 is 0 Å². The molecule has 78 valence electrons. The number of hydrogen-bond acceptors (Lipinski definition) is 3.